The summed E-state index contributed by atoms with van der Waals surface area (Å²) in [7, 11) is 0. The number of imidazole rings is 1. The van der Waals surface area contributed by atoms with Gasteiger partial charge in [0.25, 0.3) is 0 Å². The summed E-state index contributed by atoms with van der Waals surface area (Å²) < 4.78 is 1.90. The molecule has 0 saturated carbocycles. The fraction of sp³-hybridized carbons (Fsp3) is 0.150. The number of para-hydroxylation sites is 2. The van der Waals surface area contributed by atoms with E-state index in [1.54, 1.807) is 12.5 Å². The summed E-state index contributed by atoms with van der Waals surface area (Å²) in [6, 6.07) is 17.1. The molecule has 1 N–H and O–H groups in total. The zero-order valence-electron chi connectivity index (χ0n) is 14.2. The summed E-state index contributed by atoms with van der Waals surface area (Å²) in [5.74, 6) is -0.0720. The van der Waals surface area contributed by atoms with Crippen LogP contribution in [0.5, 0.6) is 0 Å². The first kappa shape index (κ1) is 16.5. The Morgan fingerprint density at radius 2 is 1.85 bits per heavy atom. The van der Waals surface area contributed by atoms with Gasteiger partial charge in [-0.25, -0.2) is 9.97 Å². The minimum atomic E-state index is -0.381. The summed E-state index contributed by atoms with van der Waals surface area (Å²) in [6.07, 6.45) is 3.48. The lowest BCUT2D eigenvalue weighted by Gasteiger charge is -2.21. The normalized spacial score (nSPS) is 13.4. The highest BCUT2D eigenvalue weighted by Gasteiger charge is 2.23. The van der Waals surface area contributed by atoms with Crippen molar-refractivity contribution in [2.24, 2.45) is 0 Å². The van der Waals surface area contributed by atoms with Gasteiger partial charge in [-0.1, -0.05) is 42.5 Å². The van der Waals surface area contributed by atoms with Crippen molar-refractivity contribution in [1.29, 1.82) is 0 Å². The largest absolute Gasteiger partial charge is 0.341 e. The molecule has 0 aliphatic rings. The second-order valence-electron chi connectivity index (χ2n) is 6.04. The van der Waals surface area contributed by atoms with Crippen molar-refractivity contribution in [3.63, 3.8) is 0 Å². The van der Waals surface area contributed by atoms with Crippen LogP contribution in [0.4, 0.5) is 0 Å². The number of rotatable bonds is 5. The van der Waals surface area contributed by atoms with Crippen molar-refractivity contribution in [3.05, 3.63) is 83.1 Å². The fourth-order valence-corrected chi connectivity index (χ4v) is 3.70. The van der Waals surface area contributed by atoms with E-state index in [1.807, 2.05) is 71.5 Å². The number of fused-ring (bicyclic) bond motifs is 1. The zero-order chi connectivity index (χ0) is 17.9. The van der Waals surface area contributed by atoms with E-state index < -0.39 is 0 Å². The molecular formula is C20H18N4OS. The topological polar surface area (TPSA) is 59.8 Å². The standard InChI is InChI=1S/C20H18N4OS/c1-14(24-13-22-16-9-5-6-10-17(16)24)19(25)23-18(20-21-11-12-26-20)15-7-3-2-4-8-15/h2-14,18H,1H3,(H,23,25)/t14-,18+/m1/s1. The number of carbonyl (C=O) groups is 1. The Hall–Kier alpha value is -2.99. The summed E-state index contributed by atoms with van der Waals surface area (Å²) in [5, 5.41) is 5.94. The molecule has 1 amide bonds. The van der Waals surface area contributed by atoms with Crippen molar-refractivity contribution >= 4 is 28.3 Å². The van der Waals surface area contributed by atoms with Crippen molar-refractivity contribution in [2.75, 3.05) is 0 Å². The van der Waals surface area contributed by atoms with E-state index in [2.05, 4.69) is 15.3 Å². The van der Waals surface area contributed by atoms with E-state index in [-0.39, 0.29) is 18.0 Å². The van der Waals surface area contributed by atoms with Gasteiger partial charge in [-0.05, 0) is 24.6 Å². The highest BCUT2D eigenvalue weighted by Crippen LogP contribution is 2.25. The Kier molecular flexibility index (Phi) is 4.50. The van der Waals surface area contributed by atoms with Crippen LogP contribution in [0.3, 0.4) is 0 Å². The summed E-state index contributed by atoms with van der Waals surface area (Å²) in [6.45, 7) is 1.88. The average Bonchev–Trinajstić information content (AvgIpc) is 3.36. The molecule has 2 atom stereocenters. The number of thiazole rings is 1. The molecule has 26 heavy (non-hydrogen) atoms. The van der Waals surface area contributed by atoms with Crippen LogP contribution in [0.2, 0.25) is 0 Å². The second-order valence-corrected chi connectivity index (χ2v) is 6.97. The van der Waals surface area contributed by atoms with Crippen LogP contribution < -0.4 is 5.32 Å². The number of amides is 1. The SMILES string of the molecule is C[C@H](C(=O)N[C@@H](c1ccccc1)c1nccs1)n1cnc2ccccc21. The number of aromatic nitrogens is 3. The number of carbonyl (C=O) groups excluding carboxylic acids is 1. The molecular weight excluding hydrogens is 344 g/mol. The van der Waals surface area contributed by atoms with Crippen molar-refractivity contribution in [3.8, 4) is 0 Å². The van der Waals surface area contributed by atoms with Crippen molar-refractivity contribution < 1.29 is 4.79 Å². The lowest BCUT2D eigenvalue weighted by Crippen LogP contribution is -2.34. The number of hydrogen-bond donors (Lipinski definition) is 1. The van der Waals surface area contributed by atoms with Crippen LogP contribution in [0.25, 0.3) is 11.0 Å². The molecule has 2 heterocycles. The first-order valence-electron chi connectivity index (χ1n) is 8.40. The fourth-order valence-electron chi connectivity index (χ4n) is 2.99. The van der Waals surface area contributed by atoms with E-state index in [0.29, 0.717) is 0 Å². The van der Waals surface area contributed by atoms with Crippen LogP contribution in [0, 0.1) is 0 Å². The van der Waals surface area contributed by atoms with E-state index in [9.17, 15) is 4.79 Å². The highest BCUT2D eigenvalue weighted by atomic mass is 32.1. The van der Waals surface area contributed by atoms with Gasteiger partial charge in [-0.2, -0.15) is 0 Å². The first-order chi connectivity index (χ1) is 12.7. The number of nitrogens with zero attached hydrogens (tertiary/aromatic N) is 3. The number of nitrogens with one attached hydrogen (secondary N) is 1. The van der Waals surface area contributed by atoms with Gasteiger partial charge in [0.05, 0.1) is 17.4 Å². The van der Waals surface area contributed by atoms with E-state index in [1.165, 1.54) is 11.3 Å². The first-order valence-corrected chi connectivity index (χ1v) is 9.28. The number of benzene rings is 2. The Bertz CT molecular complexity index is 1010. The Morgan fingerprint density at radius 3 is 2.62 bits per heavy atom. The molecule has 0 bridgehead atoms. The quantitative estimate of drug-likeness (QED) is 0.585. The van der Waals surface area contributed by atoms with Gasteiger partial charge in [-0.3, -0.25) is 4.79 Å². The Balaban J connectivity index is 1.62. The molecule has 0 unspecified atom stereocenters. The van der Waals surface area contributed by atoms with Crippen LogP contribution in [0.15, 0.2) is 72.5 Å². The molecule has 0 fully saturated rings. The molecule has 4 rings (SSSR count). The van der Waals surface area contributed by atoms with Crippen molar-refractivity contribution in [2.45, 2.75) is 19.0 Å². The lowest BCUT2D eigenvalue weighted by molar-refractivity contribution is -0.124. The third kappa shape index (κ3) is 3.11. The maximum absolute atomic E-state index is 13.0. The van der Waals surface area contributed by atoms with E-state index in [0.717, 1.165) is 21.6 Å². The van der Waals surface area contributed by atoms with Gasteiger partial charge in [0.2, 0.25) is 5.91 Å². The Morgan fingerprint density at radius 1 is 1.08 bits per heavy atom. The van der Waals surface area contributed by atoms with Gasteiger partial charge in [0.1, 0.15) is 17.1 Å². The van der Waals surface area contributed by atoms with Crippen LogP contribution >= 0.6 is 11.3 Å². The number of hydrogen-bond acceptors (Lipinski definition) is 4. The highest BCUT2D eigenvalue weighted by molar-refractivity contribution is 7.09. The molecule has 4 aromatic rings. The predicted molar refractivity (Wildman–Crippen MR) is 103 cm³/mol. The van der Waals surface area contributed by atoms with Gasteiger partial charge in [-0.15, -0.1) is 11.3 Å². The minimum absolute atomic E-state index is 0.0720. The smallest absolute Gasteiger partial charge is 0.243 e. The summed E-state index contributed by atoms with van der Waals surface area (Å²) in [5.41, 5.74) is 2.84. The maximum atomic E-state index is 13.0. The molecule has 2 aromatic heterocycles. The monoisotopic (exact) mass is 362 g/mol. The molecule has 0 aliphatic carbocycles. The lowest BCUT2D eigenvalue weighted by atomic mass is 10.1. The average molecular weight is 362 g/mol. The molecule has 0 radical (unpaired) electrons. The van der Waals surface area contributed by atoms with Gasteiger partial charge in [0.15, 0.2) is 0 Å². The van der Waals surface area contributed by atoms with E-state index in [4.69, 9.17) is 0 Å². The summed E-state index contributed by atoms with van der Waals surface area (Å²) in [4.78, 5) is 21.8. The maximum Gasteiger partial charge on any atom is 0.243 e. The van der Waals surface area contributed by atoms with Gasteiger partial charge >= 0.3 is 0 Å². The van der Waals surface area contributed by atoms with Crippen molar-refractivity contribution in [1.82, 2.24) is 19.9 Å². The van der Waals surface area contributed by atoms with Gasteiger partial charge < -0.3 is 9.88 Å². The summed E-state index contributed by atoms with van der Waals surface area (Å²) >= 11 is 1.53. The van der Waals surface area contributed by atoms with Gasteiger partial charge in [0, 0.05) is 11.6 Å². The van der Waals surface area contributed by atoms with Crippen LogP contribution in [0.1, 0.15) is 29.6 Å². The molecule has 0 aliphatic heterocycles. The van der Waals surface area contributed by atoms with E-state index >= 15 is 0 Å². The van der Waals surface area contributed by atoms with Crippen LogP contribution in [-0.2, 0) is 4.79 Å². The third-order valence-corrected chi connectivity index (χ3v) is 5.24. The Labute approximate surface area is 155 Å². The third-order valence-electron chi connectivity index (χ3n) is 4.40. The second kappa shape index (κ2) is 7.09. The zero-order valence-corrected chi connectivity index (χ0v) is 15.1. The minimum Gasteiger partial charge on any atom is -0.341 e. The molecule has 0 saturated heterocycles. The molecule has 2 aromatic carbocycles. The molecule has 130 valence electrons. The predicted octanol–water partition coefficient (Wildman–Crippen LogP) is 3.96. The van der Waals surface area contributed by atoms with Crippen LogP contribution in [-0.4, -0.2) is 20.4 Å². The molecule has 0 spiro atoms. The molecule has 6 heteroatoms. The molecule has 5 nitrogen and oxygen atoms in total.